The molecule has 3 unspecified atom stereocenters. The van der Waals surface area contributed by atoms with Crippen LogP contribution in [0.25, 0.3) is 0 Å². The van der Waals surface area contributed by atoms with Crippen molar-refractivity contribution in [3.05, 3.63) is 82.4 Å². The Morgan fingerprint density at radius 3 is 2.38 bits per heavy atom. The van der Waals surface area contributed by atoms with Crippen molar-refractivity contribution in [1.82, 2.24) is 5.32 Å². The number of benzene rings is 2. The van der Waals surface area contributed by atoms with Crippen molar-refractivity contribution in [1.29, 1.82) is 0 Å². The summed E-state index contributed by atoms with van der Waals surface area (Å²) in [4.78, 5) is 13.3. The second-order valence-corrected chi connectivity index (χ2v) is 12.9. The van der Waals surface area contributed by atoms with Crippen molar-refractivity contribution < 1.29 is 4.79 Å². The van der Waals surface area contributed by atoms with Gasteiger partial charge in [-0.05, 0) is 65.3 Å². The van der Waals surface area contributed by atoms with Gasteiger partial charge in [0.1, 0.15) is 0 Å². The van der Waals surface area contributed by atoms with E-state index in [-0.39, 0.29) is 23.8 Å². The van der Waals surface area contributed by atoms with Crippen molar-refractivity contribution in [2.45, 2.75) is 69.9 Å². The zero-order chi connectivity index (χ0) is 25.0. The highest BCUT2D eigenvalue weighted by Gasteiger charge is 2.47. The smallest absolute Gasteiger partial charge is 0.226 e. The molecule has 184 valence electrons. The number of halogens is 2. The van der Waals surface area contributed by atoms with Crippen LogP contribution >= 0.6 is 35.0 Å². The first-order valence-corrected chi connectivity index (χ1v) is 13.8. The van der Waals surface area contributed by atoms with Crippen molar-refractivity contribution in [3.8, 4) is 0 Å². The Bertz CT molecular complexity index is 992. The normalized spacial score (nSPS) is 25.5. The number of hydrogen-bond donors (Lipinski definition) is 1. The third kappa shape index (κ3) is 6.22. The summed E-state index contributed by atoms with van der Waals surface area (Å²) in [5.74, 6) is 0.862. The van der Waals surface area contributed by atoms with Gasteiger partial charge in [0.05, 0.1) is 5.41 Å². The third-order valence-corrected chi connectivity index (χ3v) is 9.34. The molecule has 2 aromatic carbocycles. The molecule has 0 spiro atoms. The van der Waals surface area contributed by atoms with Crippen LogP contribution in [0.15, 0.2) is 61.2 Å². The van der Waals surface area contributed by atoms with Gasteiger partial charge in [0.15, 0.2) is 0 Å². The van der Waals surface area contributed by atoms with Crippen molar-refractivity contribution in [2.24, 2.45) is 17.3 Å². The average molecular weight is 519 g/mol. The molecule has 1 heterocycles. The first-order chi connectivity index (χ1) is 16.1. The van der Waals surface area contributed by atoms with Gasteiger partial charge in [-0.25, -0.2) is 0 Å². The molecule has 5 heteroatoms. The first-order valence-electron chi connectivity index (χ1n) is 12.1. The summed E-state index contributed by atoms with van der Waals surface area (Å²) in [5, 5.41) is 5.71. The van der Waals surface area contributed by atoms with E-state index in [0.29, 0.717) is 22.8 Å². The van der Waals surface area contributed by atoms with Crippen LogP contribution in [0, 0.1) is 17.3 Å². The molecule has 3 rings (SSSR count). The lowest BCUT2D eigenvalue weighted by molar-refractivity contribution is -0.135. The Balaban J connectivity index is 1.97. The minimum absolute atomic E-state index is 0.0152. The Hall–Kier alpha value is -1.42. The number of rotatable bonds is 9. The van der Waals surface area contributed by atoms with Crippen LogP contribution in [0.1, 0.15) is 69.8 Å². The molecule has 2 aromatic rings. The molecule has 0 bridgehead atoms. The summed E-state index contributed by atoms with van der Waals surface area (Å²) in [6.45, 7) is 15.0. The second-order valence-electron chi connectivity index (χ2n) is 10.3. The quantitative estimate of drug-likeness (QED) is 0.337. The Morgan fingerprint density at radius 1 is 1.12 bits per heavy atom. The molecule has 0 radical (unpaired) electrons. The SMILES string of the molecule is C=CC[C@@]1(C)C[C@H](c2cccc(Cl)c2)[C@H](C(C)C(C)C(SC(C)C)c2ccc(Cl)cc2)NC1=O. The van der Waals surface area contributed by atoms with Gasteiger partial charge in [0.2, 0.25) is 5.91 Å². The molecule has 34 heavy (non-hydrogen) atoms. The number of allylic oxidation sites excluding steroid dienone is 1. The molecule has 1 fully saturated rings. The van der Waals surface area contributed by atoms with Crippen LogP contribution < -0.4 is 5.32 Å². The Kier molecular flexibility index (Phi) is 9.23. The Labute approximate surface area is 219 Å². The number of hydrogen-bond acceptors (Lipinski definition) is 2. The molecule has 1 aliphatic rings. The van der Waals surface area contributed by atoms with Gasteiger partial charge in [-0.3, -0.25) is 4.79 Å². The van der Waals surface area contributed by atoms with Crippen LogP contribution in [-0.2, 0) is 4.79 Å². The van der Waals surface area contributed by atoms with Crippen molar-refractivity contribution in [2.75, 3.05) is 0 Å². The highest BCUT2D eigenvalue weighted by atomic mass is 35.5. The molecule has 1 N–H and O–H groups in total. The minimum atomic E-state index is -0.476. The fourth-order valence-electron chi connectivity index (χ4n) is 5.24. The highest BCUT2D eigenvalue weighted by molar-refractivity contribution is 8.00. The number of piperidine rings is 1. The van der Waals surface area contributed by atoms with Crippen LogP contribution in [0.2, 0.25) is 10.0 Å². The van der Waals surface area contributed by atoms with Crippen LogP contribution in [0.4, 0.5) is 0 Å². The maximum atomic E-state index is 13.3. The number of thioether (sulfide) groups is 1. The van der Waals surface area contributed by atoms with Crippen LogP contribution in [-0.4, -0.2) is 17.2 Å². The topological polar surface area (TPSA) is 29.1 Å². The van der Waals surface area contributed by atoms with E-state index in [1.165, 1.54) is 11.1 Å². The third-order valence-electron chi connectivity index (χ3n) is 7.31. The highest BCUT2D eigenvalue weighted by Crippen LogP contribution is 2.48. The largest absolute Gasteiger partial charge is 0.352 e. The monoisotopic (exact) mass is 517 g/mol. The lowest BCUT2D eigenvalue weighted by Crippen LogP contribution is -2.56. The van der Waals surface area contributed by atoms with Gasteiger partial charge in [-0.2, -0.15) is 11.8 Å². The molecule has 1 aliphatic heterocycles. The lowest BCUT2D eigenvalue weighted by atomic mass is 9.66. The molecular weight excluding hydrogens is 481 g/mol. The van der Waals surface area contributed by atoms with Gasteiger partial charge in [0.25, 0.3) is 0 Å². The maximum absolute atomic E-state index is 13.3. The first kappa shape index (κ1) is 27.2. The van der Waals surface area contributed by atoms with Gasteiger partial charge in [-0.15, -0.1) is 6.58 Å². The predicted octanol–water partition coefficient (Wildman–Crippen LogP) is 8.70. The maximum Gasteiger partial charge on any atom is 0.226 e. The lowest BCUT2D eigenvalue weighted by Gasteiger charge is -2.47. The fourth-order valence-corrected chi connectivity index (χ4v) is 6.96. The molecule has 0 saturated carbocycles. The van der Waals surface area contributed by atoms with E-state index < -0.39 is 5.41 Å². The molecule has 1 saturated heterocycles. The Morgan fingerprint density at radius 2 is 1.79 bits per heavy atom. The summed E-state index contributed by atoms with van der Waals surface area (Å²) < 4.78 is 0. The van der Waals surface area contributed by atoms with E-state index in [9.17, 15) is 4.79 Å². The summed E-state index contributed by atoms with van der Waals surface area (Å²) in [6, 6.07) is 16.4. The fraction of sp³-hybridized carbons (Fsp3) is 0.483. The predicted molar refractivity (Wildman–Crippen MR) is 149 cm³/mol. The summed E-state index contributed by atoms with van der Waals surface area (Å²) in [6.07, 6.45) is 3.29. The number of nitrogens with one attached hydrogen (secondary N) is 1. The van der Waals surface area contributed by atoms with E-state index in [1.807, 2.05) is 42.1 Å². The zero-order valence-electron chi connectivity index (χ0n) is 20.9. The minimum Gasteiger partial charge on any atom is -0.352 e. The zero-order valence-corrected chi connectivity index (χ0v) is 23.2. The van der Waals surface area contributed by atoms with Crippen molar-refractivity contribution >= 4 is 40.9 Å². The molecule has 2 nitrogen and oxygen atoms in total. The molecule has 1 amide bonds. The van der Waals surface area contributed by atoms with Crippen LogP contribution in [0.3, 0.4) is 0 Å². The van der Waals surface area contributed by atoms with E-state index in [2.05, 4.69) is 70.8 Å². The van der Waals surface area contributed by atoms with E-state index >= 15 is 0 Å². The van der Waals surface area contributed by atoms with Gasteiger partial charge >= 0.3 is 0 Å². The van der Waals surface area contributed by atoms with Gasteiger partial charge in [0, 0.05) is 27.3 Å². The van der Waals surface area contributed by atoms with E-state index in [0.717, 1.165) is 16.5 Å². The van der Waals surface area contributed by atoms with Crippen LogP contribution in [0.5, 0.6) is 0 Å². The number of carbonyl (C=O) groups excluding carboxylic acids is 1. The molecule has 6 atom stereocenters. The standard InChI is InChI=1S/C29H37Cl2NOS/c1-7-15-29(6)17-25(22-9-8-10-24(31)16-22)26(32-28(29)33)19(4)20(5)27(34-18(2)3)21-11-13-23(30)14-12-21/h7-14,16,18-20,25-27H,1,15,17H2,2-6H3,(H,32,33)/t19?,20?,25-,26+,27?,29+/m1/s1. The van der Waals surface area contributed by atoms with Crippen molar-refractivity contribution in [3.63, 3.8) is 0 Å². The second kappa shape index (κ2) is 11.5. The van der Waals surface area contributed by atoms with E-state index in [4.69, 9.17) is 23.2 Å². The molecule has 0 aromatic heterocycles. The molecule has 0 aliphatic carbocycles. The van der Waals surface area contributed by atoms with Gasteiger partial charge in [-0.1, -0.05) is 88.2 Å². The number of carbonyl (C=O) groups is 1. The van der Waals surface area contributed by atoms with E-state index in [1.54, 1.807) is 0 Å². The summed E-state index contributed by atoms with van der Waals surface area (Å²) >= 11 is 14.6. The van der Waals surface area contributed by atoms with Gasteiger partial charge < -0.3 is 5.32 Å². The number of amides is 1. The summed E-state index contributed by atoms with van der Waals surface area (Å²) in [5.41, 5.74) is 1.99. The average Bonchev–Trinajstić information content (AvgIpc) is 2.79. The molecular formula is C29H37Cl2NOS. The summed E-state index contributed by atoms with van der Waals surface area (Å²) in [7, 11) is 0.